The van der Waals surface area contributed by atoms with Gasteiger partial charge in [0, 0.05) is 12.7 Å². The minimum Gasteiger partial charge on any atom is -0.368 e. The van der Waals surface area contributed by atoms with Crippen molar-refractivity contribution in [3.05, 3.63) is 23.6 Å². The molecule has 0 saturated carbocycles. The van der Waals surface area contributed by atoms with Crippen molar-refractivity contribution < 1.29 is 22.0 Å². The Morgan fingerprint density at radius 3 is 2.56 bits per heavy atom. The topological polar surface area (TPSA) is 24.9 Å². The summed E-state index contributed by atoms with van der Waals surface area (Å²) in [4.78, 5) is 3.34. The second kappa shape index (κ2) is 5.97. The van der Waals surface area contributed by atoms with E-state index in [9.17, 15) is 22.0 Å². The van der Waals surface area contributed by atoms with Crippen LogP contribution in [0.1, 0.15) is 25.3 Å². The van der Waals surface area contributed by atoms with Crippen LogP contribution in [0, 0.1) is 5.82 Å². The lowest BCUT2D eigenvalue weighted by molar-refractivity contribution is -0.138. The van der Waals surface area contributed by atoms with Gasteiger partial charge in [-0.1, -0.05) is 6.92 Å². The first-order valence-electron chi connectivity index (χ1n) is 5.45. The summed E-state index contributed by atoms with van der Waals surface area (Å²) in [6.07, 6.45) is -4.62. The van der Waals surface area contributed by atoms with Gasteiger partial charge in [-0.05, 0) is 18.9 Å². The van der Waals surface area contributed by atoms with E-state index in [-0.39, 0.29) is 18.8 Å². The van der Waals surface area contributed by atoms with Crippen molar-refractivity contribution in [2.75, 3.05) is 11.9 Å². The fourth-order valence-corrected chi connectivity index (χ4v) is 1.27. The summed E-state index contributed by atoms with van der Waals surface area (Å²) < 4.78 is 62.8. The Bertz CT molecular complexity index is 392. The van der Waals surface area contributed by atoms with Gasteiger partial charge in [0.1, 0.15) is 6.17 Å². The van der Waals surface area contributed by atoms with Crippen LogP contribution in [-0.4, -0.2) is 17.7 Å². The van der Waals surface area contributed by atoms with Crippen molar-refractivity contribution in [3.8, 4) is 0 Å². The molecule has 0 aromatic carbocycles. The zero-order valence-corrected chi connectivity index (χ0v) is 9.69. The van der Waals surface area contributed by atoms with Crippen molar-refractivity contribution in [1.82, 2.24) is 4.98 Å². The summed E-state index contributed by atoms with van der Waals surface area (Å²) in [6, 6.07) is 0.363. The first kappa shape index (κ1) is 14.7. The quantitative estimate of drug-likeness (QED) is 0.822. The maximum absolute atomic E-state index is 13.3. The SMILES string of the molecule is CC[C@H](F)CCNc1ncc(C(F)(F)F)cc1F. The Balaban J connectivity index is 2.63. The molecule has 102 valence electrons. The molecular weight excluding hydrogens is 255 g/mol. The van der Waals surface area contributed by atoms with Crippen molar-refractivity contribution in [1.29, 1.82) is 0 Å². The summed E-state index contributed by atoms with van der Waals surface area (Å²) in [6.45, 7) is 1.78. The van der Waals surface area contributed by atoms with Crippen LogP contribution in [-0.2, 0) is 6.18 Å². The number of anilines is 1. The molecule has 0 unspecified atom stereocenters. The van der Waals surface area contributed by atoms with E-state index in [1.165, 1.54) is 0 Å². The van der Waals surface area contributed by atoms with Gasteiger partial charge in [-0.25, -0.2) is 13.8 Å². The molecule has 0 saturated heterocycles. The van der Waals surface area contributed by atoms with Gasteiger partial charge in [-0.15, -0.1) is 0 Å². The maximum Gasteiger partial charge on any atom is 0.417 e. The highest BCUT2D eigenvalue weighted by Gasteiger charge is 2.31. The molecule has 1 aromatic heterocycles. The second-order valence-corrected chi connectivity index (χ2v) is 3.77. The third-order valence-corrected chi connectivity index (χ3v) is 2.36. The van der Waals surface area contributed by atoms with Gasteiger partial charge < -0.3 is 5.32 Å². The van der Waals surface area contributed by atoms with Crippen LogP contribution < -0.4 is 5.32 Å². The van der Waals surface area contributed by atoms with E-state index < -0.39 is 23.7 Å². The van der Waals surface area contributed by atoms with Gasteiger partial charge in [0.2, 0.25) is 0 Å². The van der Waals surface area contributed by atoms with Gasteiger partial charge in [-0.3, -0.25) is 0 Å². The summed E-state index contributed by atoms with van der Waals surface area (Å²) >= 11 is 0. The van der Waals surface area contributed by atoms with E-state index in [4.69, 9.17) is 0 Å². The zero-order valence-electron chi connectivity index (χ0n) is 9.69. The number of alkyl halides is 4. The predicted octanol–water partition coefficient (Wildman–Crippen LogP) is 3.79. The van der Waals surface area contributed by atoms with Crippen LogP contribution in [0.2, 0.25) is 0 Å². The third-order valence-electron chi connectivity index (χ3n) is 2.36. The highest BCUT2D eigenvalue weighted by molar-refractivity contribution is 5.38. The van der Waals surface area contributed by atoms with Gasteiger partial charge >= 0.3 is 6.18 Å². The Kier molecular flexibility index (Phi) is 4.86. The van der Waals surface area contributed by atoms with Crippen LogP contribution in [0.3, 0.4) is 0 Å². The lowest BCUT2D eigenvalue weighted by Crippen LogP contribution is -2.12. The van der Waals surface area contributed by atoms with E-state index in [1.807, 2.05) is 0 Å². The molecular formula is C11H13F5N2. The number of hydrogen-bond donors (Lipinski definition) is 1. The van der Waals surface area contributed by atoms with Gasteiger partial charge in [-0.2, -0.15) is 13.2 Å². The summed E-state index contributed by atoms with van der Waals surface area (Å²) in [5, 5.41) is 2.46. The highest BCUT2D eigenvalue weighted by Crippen LogP contribution is 2.30. The van der Waals surface area contributed by atoms with Gasteiger partial charge in [0.25, 0.3) is 0 Å². The first-order chi connectivity index (χ1) is 8.34. The molecule has 0 radical (unpaired) electrons. The van der Waals surface area contributed by atoms with Crippen LogP contribution in [0.5, 0.6) is 0 Å². The van der Waals surface area contributed by atoms with Crippen molar-refractivity contribution >= 4 is 5.82 Å². The Hall–Kier alpha value is -1.40. The summed E-state index contributed by atoms with van der Waals surface area (Å²) in [5.74, 6) is -1.40. The summed E-state index contributed by atoms with van der Waals surface area (Å²) in [7, 11) is 0. The zero-order chi connectivity index (χ0) is 13.8. The lowest BCUT2D eigenvalue weighted by Gasteiger charge is -2.10. The van der Waals surface area contributed by atoms with Crippen molar-refractivity contribution in [3.63, 3.8) is 0 Å². The Morgan fingerprint density at radius 1 is 1.39 bits per heavy atom. The molecule has 0 fully saturated rings. The third kappa shape index (κ3) is 4.12. The van der Waals surface area contributed by atoms with Crippen LogP contribution in [0.15, 0.2) is 12.3 Å². The molecule has 1 heterocycles. The Morgan fingerprint density at radius 2 is 2.06 bits per heavy atom. The second-order valence-electron chi connectivity index (χ2n) is 3.77. The molecule has 1 atom stereocenters. The molecule has 1 rings (SSSR count). The molecule has 0 aliphatic carbocycles. The molecule has 0 aliphatic heterocycles. The van der Waals surface area contributed by atoms with Gasteiger partial charge in [0.05, 0.1) is 5.56 Å². The number of halogens is 5. The normalized spacial score (nSPS) is 13.4. The van der Waals surface area contributed by atoms with E-state index in [0.29, 0.717) is 18.7 Å². The number of rotatable bonds is 5. The molecule has 0 aliphatic rings. The lowest BCUT2D eigenvalue weighted by atomic mass is 10.2. The molecule has 18 heavy (non-hydrogen) atoms. The number of nitrogens with one attached hydrogen (secondary N) is 1. The largest absolute Gasteiger partial charge is 0.417 e. The standard InChI is InChI=1S/C11H13F5N2/c1-2-8(12)3-4-17-10-9(13)5-7(6-18-10)11(14,15)16/h5-6,8H,2-4H2,1H3,(H,17,18)/t8-/m0/s1. The van der Waals surface area contributed by atoms with Crippen molar-refractivity contribution in [2.45, 2.75) is 32.1 Å². The molecule has 7 heteroatoms. The number of aromatic nitrogens is 1. The van der Waals surface area contributed by atoms with E-state index in [1.54, 1.807) is 6.92 Å². The van der Waals surface area contributed by atoms with Crippen molar-refractivity contribution in [2.24, 2.45) is 0 Å². The number of pyridine rings is 1. The van der Waals surface area contributed by atoms with Crippen LogP contribution in [0.4, 0.5) is 27.8 Å². The van der Waals surface area contributed by atoms with E-state index in [2.05, 4.69) is 10.3 Å². The van der Waals surface area contributed by atoms with Crippen LogP contribution >= 0.6 is 0 Å². The molecule has 0 amide bonds. The fourth-order valence-electron chi connectivity index (χ4n) is 1.27. The summed E-state index contributed by atoms with van der Waals surface area (Å²) in [5.41, 5.74) is -1.15. The molecule has 0 spiro atoms. The van der Waals surface area contributed by atoms with Gasteiger partial charge in [0.15, 0.2) is 11.6 Å². The van der Waals surface area contributed by atoms with E-state index >= 15 is 0 Å². The first-order valence-corrected chi connectivity index (χ1v) is 5.45. The molecule has 1 aromatic rings. The molecule has 2 nitrogen and oxygen atoms in total. The average Bonchev–Trinajstić information content (AvgIpc) is 2.29. The Labute approximate surface area is 101 Å². The molecule has 0 bridgehead atoms. The highest BCUT2D eigenvalue weighted by atomic mass is 19.4. The smallest absolute Gasteiger partial charge is 0.368 e. The van der Waals surface area contributed by atoms with E-state index in [0.717, 1.165) is 0 Å². The number of hydrogen-bond acceptors (Lipinski definition) is 2. The minimum absolute atomic E-state index is 0.115. The number of nitrogens with zero attached hydrogens (tertiary/aromatic N) is 1. The molecule has 1 N–H and O–H groups in total. The average molecular weight is 268 g/mol. The monoisotopic (exact) mass is 268 g/mol. The minimum atomic E-state index is -4.63. The van der Waals surface area contributed by atoms with Crippen LogP contribution in [0.25, 0.3) is 0 Å². The maximum atomic E-state index is 13.3. The predicted molar refractivity (Wildman–Crippen MR) is 57.5 cm³/mol. The fraction of sp³-hybridized carbons (Fsp3) is 0.545.